The second-order valence-electron chi connectivity index (χ2n) is 5.26. The van der Waals surface area contributed by atoms with Crippen molar-refractivity contribution in [3.05, 3.63) is 48.0 Å². The zero-order valence-electron chi connectivity index (χ0n) is 10.9. The molecule has 0 bridgehead atoms. The molecule has 96 valence electrons. The summed E-state index contributed by atoms with van der Waals surface area (Å²) in [6.45, 7) is 5.84. The average molecular weight is 244 g/mol. The highest BCUT2D eigenvalue weighted by Gasteiger charge is 2.45. The van der Waals surface area contributed by atoms with Crippen LogP contribution in [0.15, 0.2) is 42.5 Å². The van der Waals surface area contributed by atoms with Crippen molar-refractivity contribution in [3.63, 3.8) is 0 Å². The lowest BCUT2D eigenvalue weighted by Gasteiger charge is -2.39. The summed E-state index contributed by atoms with van der Waals surface area (Å²) in [5.74, 6) is -0.269. The maximum atomic E-state index is 12.5. The minimum Gasteiger partial charge on any atom is -0.381 e. The number of aliphatic hydroxyl groups is 1. The van der Waals surface area contributed by atoms with Gasteiger partial charge in [0.25, 0.3) is 0 Å². The molecule has 0 saturated heterocycles. The zero-order valence-corrected chi connectivity index (χ0v) is 10.9. The maximum absolute atomic E-state index is 12.5. The number of rotatable bonds is 3. The second-order valence-corrected chi connectivity index (χ2v) is 5.26. The molecule has 2 atom stereocenters. The Morgan fingerprint density at radius 1 is 1.33 bits per heavy atom. The molecule has 1 aliphatic rings. The van der Waals surface area contributed by atoms with E-state index in [1.807, 2.05) is 25.1 Å². The van der Waals surface area contributed by atoms with Crippen LogP contribution in [0.5, 0.6) is 0 Å². The second kappa shape index (κ2) is 5.07. The minimum absolute atomic E-state index is 0.112. The smallest absolute Gasteiger partial charge is 0.194 e. The summed E-state index contributed by atoms with van der Waals surface area (Å²) >= 11 is 0. The van der Waals surface area contributed by atoms with E-state index in [-0.39, 0.29) is 11.7 Å². The van der Waals surface area contributed by atoms with E-state index in [1.165, 1.54) is 0 Å². The Morgan fingerprint density at radius 2 is 2.00 bits per heavy atom. The molecule has 1 N–H and O–H groups in total. The van der Waals surface area contributed by atoms with Gasteiger partial charge in [-0.2, -0.15) is 0 Å². The molecule has 2 rings (SSSR count). The highest BCUT2D eigenvalue weighted by molar-refractivity contribution is 6.02. The first-order chi connectivity index (χ1) is 8.55. The van der Waals surface area contributed by atoms with E-state index in [0.29, 0.717) is 12.0 Å². The number of hydrogen-bond donors (Lipinski definition) is 1. The van der Waals surface area contributed by atoms with Crippen LogP contribution in [0.1, 0.15) is 43.0 Å². The molecule has 1 aromatic carbocycles. The molecule has 18 heavy (non-hydrogen) atoms. The lowest BCUT2D eigenvalue weighted by atomic mass is 9.69. The van der Waals surface area contributed by atoms with Gasteiger partial charge in [0.15, 0.2) is 5.78 Å². The quantitative estimate of drug-likeness (QED) is 0.654. The first kappa shape index (κ1) is 13.0. The van der Waals surface area contributed by atoms with Crippen molar-refractivity contribution in [2.24, 2.45) is 5.92 Å². The summed E-state index contributed by atoms with van der Waals surface area (Å²) in [4.78, 5) is 12.5. The van der Waals surface area contributed by atoms with Crippen molar-refractivity contribution >= 4 is 5.78 Å². The molecule has 0 radical (unpaired) electrons. The molecule has 2 unspecified atom stereocenters. The topological polar surface area (TPSA) is 37.3 Å². The van der Waals surface area contributed by atoms with Gasteiger partial charge in [-0.25, -0.2) is 0 Å². The summed E-state index contributed by atoms with van der Waals surface area (Å²) < 4.78 is 0. The number of benzene rings is 1. The Bertz CT molecular complexity index is 449. The van der Waals surface area contributed by atoms with E-state index in [0.717, 1.165) is 24.8 Å². The fraction of sp³-hybridized carbons (Fsp3) is 0.438. The van der Waals surface area contributed by atoms with Crippen LogP contribution in [0.2, 0.25) is 0 Å². The summed E-state index contributed by atoms with van der Waals surface area (Å²) in [6, 6.07) is 9.07. The average Bonchev–Trinajstić information content (AvgIpc) is 2.39. The lowest BCUT2D eigenvalue weighted by Crippen LogP contribution is -2.48. The van der Waals surface area contributed by atoms with Crippen LogP contribution in [0.25, 0.3) is 0 Å². The summed E-state index contributed by atoms with van der Waals surface area (Å²) in [5.41, 5.74) is 0.237. The van der Waals surface area contributed by atoms with E-state index in [9.17, 15) is 9.90 Å². The Kier molecular flexibility index (Phi) is 3.67. The van der Waals surface area contributed by atoms with Crippen LogP contribution in [0.4, 0.5) is 0 Å². The van der Waals surface area contributed by atoms with Crippen molar-refractivity contribution in [1.29, 1.82) is 0 Å². The number of ketones is 1. The zero-order chi connectivity index (χ0) is 13.2. The number of carbonyl (C=O) groups excluding carboxylic acids is 1. The Hall–Kier alpha value is -1.41. The van der Waals surface area contributed by atoms with Crippen LogP contribution in [-0.2, 0) is 0 Å². The van der Waals surface area contributed by atoms with E-state index >= 15 is 0 Å². The van der Waals surface area contributed by atoms with Gasteiger partial charge in [0.05, 0.1) is 0 Å². The molecule has 0 heterocycles. The predicted molar refractivity (Wildman–Crippen MR) is 72.5 cm³/mol. The maximum Gasteiger partial charge on any atom is 0.194 e. The predicted octanol–water partition coefficient (Wildman–Crippen LogP) is 3.37. The normalized spacial score (nSPS) is 27.8. The van der Waals surface area contributed by atoms with Gasteiger partial charge in [0, 0.05) is 11.5 Å². The largest absolute Gasteiger partial charge is 0.381 e. The van der Waals surface area contributed by atoms with Gasteiger partial charge in [-0.1, -0.05) is 55.3 Å². The molecule has 0 aromatic heterocycles. The number of carbonyl (C=O) groups is 1. The van der Waals surface area contributed by atoms with Crippen molar-refractivity contribution in [1.82, 2.24) is 0 Å². The van der Waals surface area contributed by atoms with Crippen molar-refractivity contribution < 1.29 is 9.90 Å². The third-order valence-electron chi connectivity index (χ3n) is 3.90. The van der Waals surface area contributed by atoms with Gasteiger partial charge in [0.2, 0.25) is 0 Å². The Labute approximate surface area is 108 Å². The molecular formula is C16H20O2. The van der Waals surface area contributed by atoms with Crippen molar-refractivity contribution in [3.8, 4) is 0 Å². The van der Waals surface area contributed by atoms with Crippen LogP contribution in [-0.4, -0.2) is 16.5 Å². The molecule has 1 fully saturated rings. The third-order valence-corrected chi connectivity index (χ3v) is 3.90. The number of hydrogen-bond acceptors (Lipinski definition) is 2. The van der Waals surface area contributed by atoms with Crippen LogP contribution in [0.3, 0.4) is 0 Å². The van der Waals surface area contributed by atoms with Gasteiger partial charge < -0.3 is 5.11 Å². The molecule has 0 aliphatic heterocycles. The van der Waals surface area contributed by atoms with E-state index in [2.05, 4.69) is 6.58 Å². The Balaban J connectivity index is 2.33. The van der Waals surface area contributed by atoms with Gasteiger partial charge in [-0.05, 0) is 19.8 Å². The minimum atomic E-state index is -1.26. The summed E-state index contributed by atoms with van der Waals surface area (Å²) in [7, 11) is 0. The molecule has 0 spiro atoms. The summed E-state index contributed by atoms with van der Waals surface area (Å²) in [5, 5.41) is 10.8. The van der Waals surface area contributed by atoms with Crippen LogP contribution in [0, 0.1) is 5.92 Å². The van der Waals surface area contributed by atoms with Crippen molar-refractivity contribution in [2.75, 3.05) is 0 Å². The SMILES string of the molecule is C=C(C)C1CCCCC1(O)C(=O)c1ccccc1. The van der Waals surface area contributed by atoms with E-state index in [4.69, 9.17) is 0 Å². The third kappa shape index (κ3) is 2.25. The summed E-state index contributed by atoms with van der Waals surface area (Å²) in [6.07, 6.45) is 3.35. The highest BCUT2D eigenvalue weighted by atomic mass is 16.3. The molecular weight excluding hydrogens is 224 g/mol. The monoisotopic (exact) mass is 244 g/mol. The fourth-order valence-electron chi connectivity index (χ4n) is 2.92. The standard InChI is InChI=1S/C16H20O2/c1-12(2)14-10-6-7-11-16(14,18)15(17)13-8-4-3-5-9-13/h3-5,8-9,14,18H,1,6-7,10-11H2,2H3. The molecule has 2 heteroatoms. The van der Waals surface area contributed by atoms with E-state index in [1.54, 1.807) is 12.1 Å². The van der Waals surface area contributed by atoms with Crippen molar-refractivity contribution in [2.45, 2.75) is 38.2 Å². The van der Waals surface area contributed by atoms with Gasteiger partial charge in [-0.3, -0.25) is 4.79 Å². The fourth-order valence-corrected chi connectivity index (χ4v) is 2.92. The molecule has 1 aliphatic carbocycles. The van der Waals surface area contributed by atoms with E-state index < -0.39 is 5.60 Å². The van der Waals surface area contributed by atoms with Gasteiger partial charge in [-0.15, -0.1) is 0 Å². The van der Waals surface area contributed by atoms with Crippen LogP contribution < -0.4 is 0 Å². The highest BCUT2D eigenvalue weighted by Crippen LogP contribution is 2.39. The Morgan fingerprint density at radius 3 is 2.61 bits per heavy atom. The molecule has 0 amide bonds. The van der Waals surface area contributed by atoms with Gasteiger partial charge >= 0.3 is 0 Å². The molecule has 2 nitrogen and oxygen atoms in total. The number of Topliss-reactive ketones (excluding diaryl/α,β-unsaturated/α-hetero) is 1. The molecule has 1 saturated carbocycles. The van der Waals surface area contributed by atoms with Crippen LogP contribution >= 0.6 is 0 Å². The first-order valence-corrected chi connectivity index (χ1v) is 6.53. The van der Waals surface area contributed by atoms with Gasteiger partial charge in [0.1, 0.15) is 5.60 Å². The lowest BCUT2D eigenvalue weighted by molar-refractivity contribution is -0.0143. The molecule has 1 aromatic rings. The first-order valence-electron chi connectivity index (χ1n) is 6.53.